The Hall–Kier alpha value is -1.65. The Balaban J connectivity index is 2.78. The van der Waals surface area contributed by atoms with Gasteiger partial charge in [0.05, 0.1) is 12.8 Å². The molecule has 1 atom stereocenters. The van der Waals surface area contributed by atoms with Crippen LogP contribution < -0.4 is 5.32 Å². The molecule has 0 aromatic heterocycles. The van der Waals surface area contributed by atoms with Crippen molar-refractivity contribution < 1.29 is 18.3 Å². The molecule has 0 aliphatic carbocycles. The van der Waals surface area contributed by atoms with E-state index in [9.17, 15) is 13.6 Å². The normalized spacial score (nSPS) is 12.0. The van der Waals surface area contributed by atoms with Crippen molar-refractivity contribution in [2.24, 2.45) is 0 Å². The number of carbonyl (C=O) groups excluding carboxylic acids is 1. The number of hydrogen-bond acceptors (Lipinski definition) is 3. The van der Waals surface area contributed by atoms with Crippen LogP contribution in [0.25, 0.3) is 0 Å². The van der Waals surface area contributed by atoms with Crippen LogP contribution in [-0.2, 0) is 9.53 Å². The molecule has 1 aromatic rings. The third-order valence-corrected chi connectivity index (χ3v) is 2.59. The fraction of sp³-hybridized carbons (Fsp3) is 0.462. The Morgan fingerprint density at radius 3 is 2.72 bits per heavy atom. The Kier molecular flexibility index (Phi) is 5.55. The van der Waals surface area contributed by atoms with Gasteiger partial charge in [-0.25, -0.2) is 13.6 Å². The zero-order valence-electron chi connectivity index (χ0n) is 10.5. The van der Waals surface area contributed by atoms with E-state index in [1.165, 1.54) is 13.2 Å². The van der Waals surface area contributed by atoms with Crippen LogP contribution in [0.15, 0.2) is 18.2 Å². The van der Waals surface area contributed by atoms with Gasteiger partial charge < -0.3 is 10.1 Å². The van der Waals surface area contributed by atoms with Crippen molar-refractivity contribution >= 4 is 11.7 Å². The summed E-state index contributed by atoms with van der Waals surface area (Å²) in [4.78, 5) is 11.5. The van der Waals surface area contributed by atoms with Crippen LogP contribution >= 0.6 is 0 Å². The monoisotopic (exact) mass is 257 g/mol. The minimum Gasteiger partial charge on any atom is -0.467 e. The van der Waals surface area contributed by atoms with Gasteiger partial charge in [-0.2, -0.15) is 0 Å². The second-order valence-corrected chi connectivity index (χ2v) is 3.99. The largest absolute Gasteiger partial charge is 0.467 e. The highest BCUT2D eigenvalue weighted by Gasteiger charge is 2.19. The third-order valence-electron chi connectivity index (χ3n) is 2.59. The predicted molar refractivity (Wildman–Crippen MR) is 65.3 cm³/mol. The summed E-state index contributed by atoms with van der Waals surface area (Å²) in [5, 5.41) is 2.74. The number of methoxy groups -OCH3 is 1. The maximum absolute atomic E-state index is 13.4. The van der Waals surface area contributed by atoms with E-state index in [1.54, 1.807) is 0 Å². The van der Waals surface area contributed by atoms with Gasteiger partial charge in [-0.1, -0.05) is 19.8 Å². The van der Waals surface area contributed by atoms with Crippen molar-refractivity contribution in [3.63, 3.8) is 0 Å². The van der Waals surface area contributed by atoms with Gasteiger partial charge in [-0.05, 0) is 18.6 Å². The first-order valence-electron chi connectivity index (χ1n) is 5.88. The molecule has 0 aliphatic heterocycles. The highest BCUT2D eigenvalue weighted by molar-refractivity contribution is 5.79. The molecular formula is C13H17F2NO2. The molecule has 0 amide bonds. The fourth-order valence-electron chi connectivity index (χ4n) is 1.59. The first kappa shape index (κ1) is 14.4. The van der Waals surface area contributed by atoms with E-state index in [0.717, 1.165) is 25.0 Å². The molecule has 0 bridgehead atoms. The Bertz CT molecular complexity index is 410. The first-order valence-corrected chi connectivity index (χ1v) is 5.88. The molecule has 0 saturated heterocycles. The van der Waals surface area contributed by atoms with Crippen molar-refractivity contribution in [1.29, 1.82) is 0 Å². The van der Waals surface area contributed by atoms with Gasteiger partial charge in [0, 0.05) is 6.07 Å². The number of rotatable bonds is 6. The van der Waals surface area contributed by atoms with Gasteiger partial charge in [-0.3, -0.25) is 0 Å². The summed E-state index contributed by atoms with van der Waals surface area (Å²) >= 11 is 0. The van der Waals surface area contributed by atoms with E-state index in [4.69, 9.17) is 0 Å². The second kappa shape index (κ2) is 6.93. The van der Waals surface area contributed by atoms with E-state index >= 15 is 0 Å². The molecule has 1 rings (SSSR count). The lowest BCUT2D eigenvalue weighted by atomic mass is 10.1. The van der Waals surface area contributed by atoms with Gasteiger partial charge in [-0.15, -0.1) is 0 Å². The molecule has 3 nitrogen and oxygen atoms in total. The summed E-state index contributed by atoms with van der Waals surface area (Å²) in [5.41, 5.74) is 0.0999. The maximum atomic E-state index is 13.4. The Morgan fingerprint density at radius 1 is 1.44 bits per heavy atom. The molecule has 1 aromatic carbocycles. The van der Waals surface area contributed by atoms with Crippen LogP contribution in [0, 0.1) is 11.6 Å². The number of unbranched alkanes of at least 4 members (excludes halogenated alkanes) is 1. The van der Waals surface area contributed by atoms with Gasteiger partial charge in [0.2, 0.25) is 0 Å². The van der Waals surface area contributed by atoms with Crippen LogP contribution in [0.2, 0.25) is 0 Å². The van der Waals surface area contributed by atoms with E-state index in [-0.39, 0.29) is 5.69 Å². The average Bonchev–Trinajstić information content (AvgIpc) is 2.36. The van der Waals surface area contributed by atoms with Gasteiger partial charge in [0.1, 0.15) is 17.7 Å². The molecular weight excluding hydrogens is 240 g/mol. The zero-order valence-corrected chi connectivity index (χ0v) is 10.5. The highest BCUT2D eigenvalue weighted by atomic mass is 19.1. The quantitative estimate of drug-likeness (QED) is 0.796. The zero-order chi connectivity index (χ0) is 13.5. The van der Waals surface area contributed by atoms with E-state index in [2.05, 4.69) is 10.1 Å². The molecule has 0 fully saturated rings. The number of nitrogens with one attached hydrogen (secondary N) is 1. The molecule has 0 spiro atoms. The summed E-state index contributed by atoms with van der Waals surface area (Å²) in [7, 11) is 1.28. The number of anilines is 1. The molecule has 0 aliphatic rings. The molecule has 0 radical (unpaired) electrons. The van der Waals surface area contributed by atoms with Crippen LogP contribution in [0.4, 0.5) is 14.5 Å². The summed E-state index contributed by atoms with van der Waals surface area (Å²) in [5.74, 6) is -1.83. The summed E-state index contributed by atoms with van der Waals surface area (Å²) in [6.07, 6.45) is 2.27. The number of carbonyl (C=O) groups is 1. The molecule has 1 N–H and O–H groups in total. The molecule has 100 valence electrons. The molecule has 0 saturated carbocycles. The molecule has 18 heavy (non-hydrogen) atoms. The Labute approximate surface area is 105 Å². The topological polar surface area (TPSA) is 38.3 Å². The lowest BCUT2D eigenvalue weighted by molar-refractivity contribution is -0.141. The van der Waals surface area contributed by atoms with Crippen LogP contribution in [0.1, 0.15) is 26.2 Å². The number of halogens is 2. The number of ether oxygens (including phenoxy) is 1. The van der Waals surface area contributed by atoms with E-state index < -0.39 is 23.6 Å². The fourth-order valence-corrected chi connectivity index (χ4v) is 1.59. The summed E-state index contributed by atoms with van der Waals surface area (Å²) in [6.45, 7) is 1.99. The van der Waals surface area contributed by atoms with Crippen molar-refractivity contribution in [3.05, 3.63) is 29.8 Å². The lowest BCUT2D eigenvalue weighted by Crippen LogP contribution is -2.31. The van der Waals surface area contributed by atoms with E-state index in [0.29, 0.717) is 6.42 Å². The number of benzene rings is 1. The van der Waals surface area contributed by atoms with Crippen LogP contribution in [0.5, 0.6) is 0 Å². The lowest BCUT2D eigenvalue weighted by Gasteiger charge is -2.17. The van der Waals surface area contributed by atoms with E-state index in [1.807, 2.05) is 6.92 Å². The predicted octanol–water partition coefficient (Wildman–Crippen LogP) is 3.11. The minimum atomic E-state index is -0.722. The molecule has 1 unspecified atom stereocenters. The summed E-state index contributed by atoms with van der Waals surface area (Å²) < 4.78 is 30.8. The van der Waals surface area contributed by atoms with Crippen molar-refractivity contribution in [2.45, 2.75) is 32.2 Å². The maximum Gasteiger partial charge on any atom is 0.328 e. The van der Waals surface area contributed by atoms with Crippen LogP contribution in [0.3, 0.4) is 0 Å². The van der Waals surface area contributed by atoms with Gasteiger partial charge in [0.25, 0.3) is 0 Å². The SMILES string of the molecule is CCCCC(Nc1ccc(F)cc1F)C(=O)OC. The number of hydrogen-bond donors (Lipinski definition) is 1. The minimum absolute atomic E-state index is 0.0999. The summed E-state index contributed by atoms with van der Waals surface area (Å²) in [6, 6.07) is 2.57. The molecule has 5 heteroatoms. The third kappa shape index (κ3) is 3.98. The van der Waals surface area contributed by atoms with Crippen molar-refractivity contribution in [3.8, 4) is 0 Å². The van der Waals surface area contributed by atoms with Crippen LogP contribution in [-0.4, -0.2) is 19.1 Å². The highest BCUT2D eigenvalue weighted by Crippen LogP contribution is 2.18. The smallest absolute Gasteiger partial charge is 0.328 e. The second-order valence-electron chi connectivity index (χ2n) is 3.99. The van der Waals surface area contributed by atoms with Crippen molar-refractivity contribution in [1.82, 2.24) is 0 Å². The first-order chi connectivity index (χ1) is 8.58. The van der Waals surface area contributed by atoms with Crippen molar-refractivity contribution in [2.75, 3.05) is 12.4 Å². The number of esters is 1. The molecule has 0 heterocycles. The van der Waals surface area contributed by atoms with Gasteiger partial charge in [0.15, 0.2) is 0 Å². The Morgan fingerprint density at radius 2 is 2.17 bits per heavy atom. The standard InChI is InChI=1S/C13H17F2NO2/c1-3-4-5-12(13(17)18-2)16-11-7-6-9(14)8-10(11)15/h6-8,12,16H,3-5H2,1-2H3. The van der Waals surface area contributed by atoms with Gasteiger partial charge >= 0.3 is 5.97 Å². The average molecular weight is 257 g/mol.